The summed E-state index contributed by atoms with van der Waals surface area (Å²) in [6, 6.07) is 1.81. The highest BCUT2D eigenvalue weighted by molar-refractivity contribution is 5.91. The fourth-order valence-electron chi connectivity index (χ4n) is 3.05. The van der Waals surface area contributed by atoms with Crippen molar-refractivity contribution in [1.82, 2.24) is 0 Å². The first-order valence-corrected chi connectivity index (χ1v) is 8.03. The molecule has 138 valence electrons. The predicted octanol–water partition coefficient (Wildman–Crippen LogP) is 3.07. The standard InChI is InChI=1S/C19H22O4.CO2/c1-10-7-15-16(17(12(10)3)19(4,5)6)18(22)13(9-20)14(23-15)8-11(2)21;2-1-3/h7,9H,8H2,1-6H3;. The van der Waals surface area contributed by atoms with Gasteiger partial charge in [-0.2, -0.15) is 9.59 Å². The maximum atomic E-state index is 12.9. The van der Waals surface area contributed by atoms with Crippen LogP contribution in [-0.4, -0.2) is 18.2 Å². The van der Waals surface area contributed by atoms with Gasteiger partial charge >= 0.3 is 6.15 Å². The topological polar surface area (TPSA) is 98.5 Å². The highest BCUT2D eigenvalue weighted by Crippen LogP contribution is 2.34. The number of hydrogen-bond donors (Lipinski definition) is 0. The molecule has 1 aromatic carbocycles. The molecule has 0 bridgehead atoms. The highest BCUT2D eigenvalue weighted by Gasteiger charge is 2.26. The molecule has 0 atom stereocenters. The summed E-state index contributed by atoms with van der Waals surface area (Å²) >= 11 is 0. The lowest BCUT2D eigenvalue weighted by Crippen LogP contribution is -2.21. The zero-order valence-corrected chi connectivity index (χ0v) is 15.8. The van der Waals surface area contributed by atoms with Crippen molar-refractivity contribution in [3.05, 3.63) is 44.3 Å². The normalized spacial score (nSPS) is 10.7. The fraction of sp³-hybridized carbons (Fsp3) is 0.400. The minimum absolute atomic E-state index is 0.0542. The quantitative estimate of drug-likeness (QED) is 0.782. The van der Waals surface area contributed by atoms with Crippen molar-refractivity contribution >= 4 is 29.2 Å². The summed E-state index contributed by atoms with van der Waals surface area (Å²) < 4.78 is 5.80. The Bertz CT molecular complexity index is 951. The van der Waals surface area contributed by atoms with Gasteiger partial charge in [-0.05, 0) is 48.9 Å². The molecular weight excluding hydrogens is 336 g/mol. The Labute approximate surface area is 151 Å². The van der Waals surface area contributed by atoms with Gasteiger partial charge in [0.1, 0.15) is 22.7 Å². The van der Waals surface area contributed by atoms with Crippen LogP contribution < -0.4 is 5.43 Å². The predicted molar refractivity (Wildman–Crippen MR) is 95.4 cm³/mol. The van der Waals surface area contributed by atoms with Crippen LogP contribution in [0, 0.1) is 13.8 Å². The third kappa shape index (κ3) is 4.21. The molecule has 1 heterocycles. The summed E-state index contributed by atoms with van der Waals surface area (Å²) in [6.07, 6.45) is 0.683. The van der Waals surface area contributed by atoms with Crippen LogP contribution in [-0.2, 0) is 26.2 Å². The van der Waals surface area contributed by atoms with Crippen LogP contribution >= 0.6 is 0 Å². The van der Waals surface area contributed by atoms with E-state index < -0.39 is 0 Å². The number of aryl methyl sites for hydroxylation is 1. The third-order valence-corrected chi connectivity index (χ3v) is 4.09. The lowest BCUT2D eigenvalue weighted by atomic mass is 9.80. The Morgan fingerprint density at radius 3 is 2.19 bits per heavy atom. The molecule has 0 N–H and O–H groups in total. The van der Waals surface area contributed by atoms with Crippen molar-refractivity contribution in [1.29, 1.82) is 0 Å². The molecule has 0 amide bonds. The van der Waals surface area contributed by atoms with Gasteiger partial charge in [0.2, 0.25) is 5.43 Å². The molecule has 1 aromatic heterocycles. The average Bonchev–Trinajstić information content (AvgIpc) is 2.48. The van der Waals surface area contributed by atoms with Crippen molar-refractivity contribution < 1.29 is 23.6 Å². The smallest absolute Gasteiger partial charge is 0.373 e. The van der Waals surface area contributed by atoms with Crippen molar-refractivity contribution in [2.24, 2.45) is 0 Å². The van der Waals surface area contributed by atoms with Gasteiger partial charge in [0.05, 0.1) is 11.8 Å². The van der Waals surface area contributed by atoms with Crippen molar-refractivity contribution in [3.8, 4) is 0 Å². The van der Waals surface area contributed by atoms with Gasteiger partial charge in [-0.3, -0.25) is 14.4 Å². The Balaban J connectivity index is 0.00000105. The van der Waals surface area contributed by atoms with Gasteiger partial charge in [0.15, 0.2) is 6.29 Å². The lowest BCUT2D eigenvalue weighted by molar-refractivity contribution is -0.191. The van der Waals surface area contributed by atoms with E-state index >= 15 is 0 Å². The van der Waals surface area contributed by atoms with E-state index in [0.717, 1.165) is 16.7 Å². The number of ketones is 1. The van der Waals surface area contributed by atoms with E-state index in [0.29, 0.717) is 17.3 Å². The molecule has 6 nitrogen and oxygen atoms in total. The number of rotatable bonds is 3. The first-order valence-electron chi connectivity index (χ1n) is 8.03. The van der Waals surface area contributed by atoms with Crippen molar-refractivity contribution in [2.45, 2.75) is 53.4 Å². The third-order valence-electron chi connectivity index (χ3n) is 4.09. The highest BCUT2D eigenvalue weighted by atomic mass is 16.3. The summed E-state index contributed by atoms with van der Waals surface area (Å²) in [5, 5.41) is 0.440. The summed E-state index contributed by atoms with van der Waals surface area (Å²) in [5.41, 5.74) is 2.67. The Hall–Kier alpha value is -2.85. The SMILES string of the molecule is CC(=O)Cc1oc2cc(C)c(C)c(C(C)(C)C)c2c(=O)c1C=O.O=C=O. The van der Waals surface area contributed by atoms with Gasteiger partial charge in [-0.1, -0.05) is 20.8 Å². The maximum Gasteiger partial charge on any atom is 0.373 e. The molecule has 2 aromatic rings. The molecule has 0 aliphatic heterocycles. The Kier molecular flexibility index (Phi) is 6.54. The molecule has 0 unspecified atom stereocenters. The number of Topliss-reactive ketones (excluding diaryl/α,β-unsaturated/α-hetero) is 1. The number of hydrogen-bond acceptors (Lipinski definition) is 6. The summed E-state index contributed by atoms with van der Waals surface area (Å²) in [5.74, 6) is -0.0106. The van der Waals surface area contributed by atoms with E-state index in [1.165, 1.54) is 6.92 Å². The van der Waals surface area contributed by atoms with Crippen LogP contribution in [0.5, 0.6) is 0 Å². The van der Waals surface area contributed by atoms with E-state index in [1.807, 2.05) is 34.6 Å². The van der Waals surface area contributed by atoms with E-state index in [9.17, 15) is 14.4 Å². The maximum absolute atomic E-state index is 12.9. The first-order chi connectivity index (χ1) is 12.0. The van der Waals surface area contributed by atoms with Crippen molar-refractivity contribution in [2.75, 3.05) is 0 Å². The van der Waals surface area contributed by atoms with Crippen LogP contribution in [0.15, 0.2) is 15.3 Å². The van der Waals surface area contributed by atoms with Crippen molar-refractivity contribution in [3.63, 3.8) is 0 Å². The number of aldehydes is 1. The Morgan fingerprint density at radius 1 is 1.23 bits per heavy atom. The van der Waals surface area contributed by atoms with Crippen LogP contribution in [0.4, 0.5) is 0 Å². The molecule has 0 radical (unpaired) electrons. The summed E-state index contributed by atoms with van der Waals surface area (Å²) in [7, 11) is 0. The molecule has 0 fully saturated rings. The summed E-state index contributed by atoms with van der Waals surface area (Å²) in [6.45, 7) is 11.4. The summed E-state index contributed by atoms with van der Waals surface area (Å²) in [4.78, 5) is 52.0. The second kappa shape index (κ2) is 8.02. The molecular formula is C20H22O6. The largest absolute Gasteiger partial charge is 0.460 e. The minimum Gasteiger partial charge on any atom is -0.460 e. The number of carbonyl (C=O) groups excluding carboxylic acids is 4. The molecule has 26 heavy (non-hydrogen) atoms. The van der Waals surface area contributed by atoms with Gasteiger partial charge in [-0.15, -0.1) is 0 Å². The zero-order chi connectivity index (χ0) is 20.2. The van der Waals surface area contributed by atoms with Gasteiger partial charge in [0.25, 0.3) is 0 Å². The molecule has 0 spiro atoms. The fourth-order valence-corrected chi connectivity index (χ4v) is 3.05. The van der Waals surface area contributed by atoms with Crippen LogP contribution in [0.2, 0.25) is 0 Å². The van der Waals surface area contributed by atoms with E-state index in [2.05, 4.69) is 0 Å². The van der Waals surface area contributed by atoms with Crippen LogP contribution in [0.25, 0.3) is 11.0 Å². The number of fused-ring (bicyclic) bond motifs is 1. The Morgan fingerprint density at radius 2 is 1.77 bits per heavy atom. The molecule has 0 aliphatic carbocycles. The average molecular weight is 358 g/mol. The van der Waals surface area contributed by atoms with E-state index in [4.69, 9.17) is 14.0 Å². The van der Waals surface area contributed by atoms with Gasteiger partial charge in [-0.25, -0.2) is 0 Å². The van der Waals surface area contributed by atoms with E-state index in [-0.39, 0.29) is 40.5 Å². The number of carbonyl (C=O) groups is 2. The molecule has 0 saturated heterocycles. The molecule has 2 rings (SSSR count). The molecule has 0 aliphatic rings. The second-order valence-electron chi connectivity index (χ2n) is 7.16. The van der Waals surface area contributed by atoms with Crippen LogP contribution in [0.3, 0.4) is 0 Å². The first kappa shape index (κ1) is 21.2. The van der Waals surface area contributed by atoms with Crippen LogP contribution in [0.1, 0.15) is 60.5 Å². The monoisotopic (exact) mass is 358 g/mol. The molecule has 0 saturated carbocycles. The second-order valence-corrected chi connectivity index (χ2v) is 7.16. The zero-order valence-electron chi connectivity index (χ0n) is 15.8. The lowest BCUT2D eigenvalue weighted by Gasteiger charge is -2.25. The van der Waals surface area contributed by atoms with Gasteiger partial charge < -0.3 is 4.42 Å². The number of benzene rings is 1. The molecule has 6 heteroatoms. The minimum atomic E-state index is -0.356. The van der Waals surface area contributed by atoms with E-state index in [1.54, 1.807) is 6.07 Å². The van der Waals surface area contributed by atoms with Gasteiger partial charge in [0, 0.05) is 0 Å².